The van der Waals surface area contributed by atoms with Gasteiger partial charge in [0.15, 0.2) is 5.78 Å². The number of Topliss-reactive ketones (excluding diaryl/α,β-unsaturated/α-hetero) is 1. The van der Waals surface area contributed by atoms with Gasteiger partial charge in [-0.25, -0.2) is 0 Å². The average Bonchev–Trinajstić information content (AvgIpc) is 3.48. The summed E-state index contributed by atoms with van der Waals surface area (Å²) in [6.45, 7) is 13.5. The van der Waals surface area contributed by atoms with E-state index in [1.807, 2.05) is 0 Å². The first-order valence-corrected chi connectivity index (χ1v) is 13.8. The van der Waals surface area contributed by atoms with Crippen LogP contribution in [0.5, 0.6) is 0 Å². The molecule has 0 spiro atoms. The van der Waals surface area contributed by atoms with E-state index in [1.54, 1.807) is 6.92 Å². The fourth-order valence-electron chi connectivity index (χ4n) is 9.97. The normalized spacial score (nSPS) is 56.0. The van der Waals surface area contributed by atoms with E-state index in [4.69, 9.17) is 0 Å². The molecule has 192 valence electrons. The van der Waals surface area contributed by atoms with Gasteiger partial charge in [0.1, 0.15) is 11.7 Å². The van der Waals surface area contributed by atoms with Crippen LogP contribution >= 0.6 is 0 Å². The molecule has 4 saturated carbocycles. The molecule has 34 heavy (non-hydrogen) atoms. The highest BCUT2D eigenvalue weighted by Gasteiger charge is 2.72. The Hall–Kier alpha value is -0.750. The monoisotopic (exact) mass is 474 g/mol. The van der Waals surface area contributed by atoms with Gasteiger partial charge in [-0.15, -0.1) is 0 Å². The Morgan fingerprint density at radius 1 is 1.00 bits per heavy atom. The van der Waals surface area contributed by atoms with Gasteiger partial charge < -0.3 is 20.4 Å². The molecule has 5 rings (SSSR count). The van der Waals surface area contributed by atoms with Gasteiger partial charge in [0.05, 0.1) is 17.6 Å². The summed E-state index contributed by atoms with van der Waals surface area (Å²) < 4.78 is 0. The molecule has 4 N–H and O–H groups in total. The summed E-state index contributed by atoms with van der Waals surface area (Å²) in [6, 6.07) is 0. The third kappa shape index (κ3) is 3.09. The second-order valence-electron chi connectivity index (χ2n) is 13.7. The van der Waals surface area contributed by atoms with E-state index in [0.29, 0.717) is 36.5 Å². The van der Waals surface area contributed by atoms with Crippen LogP contribution in [0.4, 0.5) is 0 Å². The summed E-state index contributed by atoms with van der Waals surface area (Å²) in [7, 11) is 0. The van der Waals surface area contributed by atoms with Gasteiger partial charge in [0, 0.05) is 5.92 Å². The summed E-state index contributed by atoms with van der Waals surface area (Å²) in [4.78, 5) is 13.3. The van der Waals surface area contributed by atoms with E-state index in [2.05, 4.69) is 34.6 Å². The minimum atomic E-state index is -1.75. The summed E-state index contributed by atoms with van der Waals surface area (Å²) in [5, 5.41) is 44.7. The van der Waals surface area contributed by atoms with Crippen molar-refractivity contribution in [1.29, 1.82) is 0 Å². The predicted octanol–water partition coefficient (Wildman–Crippen LogP) is 3.58. The first-order chi connectivity index (χ1) is 15.8. The largest absolute Gasteiger partial charge is 0.393 e. The maximum Gasteiger partial charge on any atom is 0.174 e. The molecule has 0 amide bonds. The first kappa shape index (κ1) is 24.9. The quantitative estimate of drug-likeness (QED) is 0.467. The van der Waals surface area contributed by atoms with Gasteiger partial charge in [-0.1, -0.05) is 40.7 Å². The number of aliphatic hydroxyl groups is 4. The maximum atomic E-state index is 13.3. The van der Waals surface area contributed by atoms with Crippen LogP contribution in [-0.4, -0.2) is 50.1 Å². The molecule has 0 heterocycles. The number of ketones is 1. The molecule has 0 bridgehead atoms. The lowest BCUT2D eigenvalue weighted by atomic mass is 9.42. The highest BCUT2D eigenvalue weighted by atomic mass is 16.3. The van der Waals surface area contributed by atoms with Gasteiger partial charge >= 0.3 is 0 Å². The zero-order chi connectivity index (χ0) is 25.0. The van der Waals surface area contributed by atoms with Crippen molar-refractivity contribution >= 4 is 5.78 Å². The van der Waals surface area contributed by atoms with Crippen molar-refractivity contribution in [2.24, 2.45) is 64.1 Å². The molecular formula is C29H46O5. The molecule has 5 nitrogen and oxygen atoms in total. The molecule has 4 fully saturated rings. The zero-order valence-electron chi connectivity index (χ0n) is 21.8. The Labute approximate surface area is 205 Å². The van der Waals surface area contributed by atoms with Gasteiger partial charge in [-0.05, 0) is 97.9 Å². The van der Waals surface area contributed by atoms with Crippen LogP contribution in [0, 0.1) is 64.1 Å². The summed E-state index contributed by atoms with van der Waals surface area (Å²) in [5.74, 6) is 3.46. The van der Waals surface area contributed by atoms with Crippen molar-refractivity contribution in [1.82, 2.24) is 0 Å². The average molecular weight is 475 g/mol. The van der Waals surface area contributed by atoms with E-state index in [9.17, 15) is 25.2 Å². The van der Waals surface area contributed by atoms with Crippen molar-refractivity contribution in [2.45, 2.75) is 97.6 Å². The number of carbonyl (C=O) groups is 1. The molecule has 5 aliphatic rings. The minimum Gasteiger partial charge on any atom is -0.393 e. The second-order valence-corrected chi connectivity index (χ2v) is 13.7. The Kier molecular flexibility index (Phi) is 5.77. The van der Waals surface area contributed by atoms with Crippen molar-refractivity contribution in [3.8, 4) is 0 Å². The van der Waals surface area contributed by atoms with Crippen molar-refractivity contribution in [3.05, 3.63) is 12.2 Å². The Morgan fingerprint density at radius 2 is 1.68 bits per heavy atom. The highest BCUT2D eigenvalue weighted by Crippen LogP contribution is 2.69. The number of rotatable bonds is 4. The molecule has 14 atom stereocenters. The smallest absolute Gasteiger partial charge is 0.174 e. The van der Waals surface area contributed by atoms with Crippen LogP contribution in [0.3, 0.4) is 0 Å². The Bertz CT molecular complexity index is 869. The van der Waals surface area contributed by atoms with E-state index >= 15 is 0 Å². The van der Waals surface area contributed by atoms with Crippen LogP contribution in [0.1, 0.15) is 73.6 Å². The van der Waals surface area contributed by atoms with Gasteiger partial charge in [-0.2, -0.15) is 0 Å². The van der Waals surface area contributed by atoms with Crippen LogP contribution < -0.4 is 0 Å². The molecule has 0 radical (unpaired) electrons. The Morgan fingerprint density at radius 3 is 2.32 bits per heavy atom. The van der Waals surface area contributed by atoms with Gasteiger partial charge in [0.25, 0.3) is 0 Å². The zero-order valence-corrected chi connectivity index (χ0v) is 21.8. The molecular weight excluding hydrogens is 428 g/mol. The van der Waals surface area contributed by atoms with Crippen LogP contribution in [0.25, 0.3) is 0 Å². The topological polar surface area (TPSA) is 98.0 Å². The molecule has 0 aromatic carbocycles. The lowest BCUT2D eigenvalue weighted by molar-refractivity contribution is -0.241. The highest BCUT2D eigenvalue weighted by molar-refractivity contribution is 5.93. The lowest BCUT2D eigenvalue weighted by Crippen LogP contribution is -2.73. The van der Waals surface area contributed by atoms with Crippen molar-refractivity contribution in [2.75, 3.05) is 0 Å². The second kappa shape index (κ2) is 7.87. The third-order valence-corrected chi connectivity index (χ3v) is 12.3. The molecule has 5 heteroatoms. The summed E-state index contributed by atoms with van der Waals surface area (Å²) in [5.41, 5.74) is -3.19. The van der Waals surface area contributed by atoms with Gasteiger partial charge in [-0.3, -0.25) is 4.79 Å². The first-order valence-electron chi connectivity index (χ1n) is 13.8. The fraction of sp³-hybridized carbons (Fsp3) is 0.897. The number of fused-ring (bicyclic) bond motifs is 5. The Balaban J connectivity index is 1.45. The van der Waals surface area contributed by atoms with E-state index in [0.717, 1.165) is 30.6 Å². The molecule has 0 aliphatic heterocycles. The number of aliphatic hydroxyl groups excluding tert-OH is 3. The fourth-order valence-corrected chi connectivity index (χ4v) is 9.97. The van der Waals surface area contributed by atoms with Crippen LogP contribution in [0.15, 0.2) is 12.2 Å². The van der Waals surface area contributed by atoms with Crippen molar-refractivity contribution in [3.63, 3.8) is 0 Å². The molecule has 0 aromatic heterocycles. The van der Waals surface area contributed by atoms with Gasteiger partial charge in [0.2, 0.25) is 0 Å². The molecule has 14 unspecified atom stereocenters. The number of hydrogen-bond acceptors (Lipinski definition) is 5. The predicted molar refractivity (Wildman–Crippen MR) is 131 cm³/mol. The minimum absolute atomic E-state index is 0.0358. The third-order valence-electron chi connectivity index (χ3n) is 12.3. The standard InChI is InChI=1S/C29H46O5/c1-14(2)15(3)17-11-18(17)16(4)20-7-8-21-19-12-24(32)29(34)10-9-22(30)26(33)28(29,6)25(19)23(31)13-27(20,21)5/h9-10,14-25,30-32,34H,7-8,11-13H2,1-6H3. The summed E-state index contributed by atoms with van der Waals surface area (Å²) in [6.07, 6.45) is 4.09. The molecule has 0 saturated heterocycles. The number of hydrogen-bond donors (Lipinski definition) is 4. The number of carbonyl (C=O) groups excluding carboxylic acids is 1. The van der Waals surface area contributed by atoms with E-state index < -0.39 is 41.0 Å². The molecule has 0 aromatic rings. The SMILES string of the molecule is CC(C)C(C)C1CC1C(C)C1CCC2C3CC(O)C4(O)C=CC(O)C(=O)C4(C)C3C(O)CC12C. The molecule has 5 aliphatic carbocycles. The van der Waals surface area contributed by atoms with E-state index in [-0.39, 0.29) is 11.3 Å². The summed E-state index contributed by atoms with van der Waals surface area (Å²) >= 11 is 0. The van der Waals surface area contributed by atoms with Crippen LogP contribution in [0.2, 0.25) is 0 Å². The lowest BCUT2D eigenvalue weighted by Gasteiger charge is -2.64. The van der Waals surface area contributed by atoms with Crippen LogP contribution in [-0.2, 0) is 4.79 Å². The van der Waals surface area contributed by atoms with E-state index in [1.165, 1.54) is 18.6 Å². The van der Waals surface area contributed by atoms with Crippen molar-refractivity contribution < 1.29 is 25.2 Å². The maximum absolute atomic E-state index is 13.3.